The molecule has 7 heteroatoms. The van der Waals surface area contributed by atoms with Crippen LogP contribution < -0.4 is 4.72 Å². The number of likely N-dealkylation sites (tertiary alicyclic amines) is 1. The van der Waals surface area contributed by atoms with E-state index in [1.165, 1.54) is 43.9 Å². The van der Waals surface area contributed by atoms with Crippen molar-refractivity contribution in [2.24, 2.45) is 0 Å². The molecule has 118 valence electrons. The van der Waals surface area contributed by atoms with Gasteiger partial charge in [0.05, 0.1) is 4.90 Å². The lowest BCUT2D eigenvalue weighted by atomic mass is 10.2. The highest BCUT2D eigenvalue weighted by molar-refractivity contribution is 7.89. The zero-order valence-electron chi connectivity index (χ0n) is 11.8. The van der Waals surface area contributed by atoms with Crippen LogP contribution in [0.2, 0.25) is 10.0 Å². The summed E-state index contributed by atoms with van der Waals surface area (Å²) in [6.45, 7) is 3.22. The number of nitrogens with one attached hydrogen (secondary N) is 1. The molecule has 1 aromatic carbocycles. The molecule has 0 aliphatic carbocycles. The summed E-state index contributed by atoms with van der Waals surface area (Å²) in [5, 5.41) is 0.630. The minimum Gasteiger partial charge on any atom is -0.302 e. The maximum absolute atomic E-state index is 12.2. The molecule has 1 N–H and O–H groups in total. The van der Waals surface area contributed by atoms with Gasteiger partial charge < -0.3 is 4.90 Å². The largest absolute Gasteiger partial charge is 0.302 e. The zero-order chi connectivity index (χ0) is 15.3. The summed E-state index contributed by atoms with van der Waals surface area (Å²) in [7, 11) is -3.56. The average molecular weight is 351 g/mol. The topological polar surface area (TPSA) is 49.4 Å². The fourth-order valence-electron chi connectivity index (χ4n) is 2.46. The van der Waals surface area contributed by atoms with E-state index in [1.807, 2.05) is 0 Å². The van der Waals surface area contributed by atoms with Crippen LogP contribution in [0.15, 0.2) is 23.1 Å². The number of hydrogen-bond acceptors (Lipinski definition) is 3. The van der Waals surface area contributed by atoms with Gasteiger partial charge in [0.25, 0.3) is 0 Å². The fourth-order valence-corrected chi connectivity index (χ4v) is 4.21. The molecule has 1 fully saturated rings. The molecule has 1 aliphatic heterocycles. The van der Waals surface area contributed by atoms with E-state index in [0.717, 1.165) is 19.6 Å². The van der Waals surface area contributed by atoms with Crippen LogP contribution in [0.1, 0.15) is 25.7 Å². The van der Waals surface area contributed by atoms with Gasteiger partial charge in [0.1, 0.15) is 0 Å². The van der Waals surface area contributed by atoms with E-state index in [1.54, 1.807) is 0 Å². The maximum atomic E-state index is 12.2. The Labute approximate surface area is 136 Å². The second-order valence-electron chi connectivity index (χ2n) is 5.26. The minimum absolute atomic E-state index is 0.107. The van der Waals surface area contributed by atoms with Crippen molar-refractivity contribution in [3.63, 3.8) is 0 Å². The first-order valence-corrected chi connectivity index (χ1v) is 9.39. The number of sulfonamides is 1. The highest BCUT2D eigenvalue weighted by Gasteiger charge is 2.16. The van der Waals surface area contributed by atoms with Crippen molar-refractivity contribution < 1.29 is 8.42 Å². The molecule has 21 heavy (non-hydrogen) atoms. The Balaban J connectivity index is 1.91. The Hall–Kier alpha value is -0.330. The normalized spacial score (nSPS) is 17.6. The number of hydrogen-bond donors (Lipinski definition) is 1. The van der Waals surface area contributed by atoms with Crippen LogP contribution in [0.5, 0.6) is 0 Å². The second kappa shape index (κ2) is 7.79. The number of halogens is 2. The van der Waals surface area contributed by atoms with Gasteiger partial charge in [-0.05, 0) is 44.1 Å². The third kappa shape index (κ3) is 5.42. The van der Waals surface area contributed by atoms with Crippen LogP contribution in [0.25, 0.3) is 0 Å². The van der Waals surface area contributed by atoms with E-state index >= 15 is 0 Å². The van der Waals surface area contributed by atoms with Gasteiger partial charge in [0, 0.05) is 23.1 Å². The van der Waals surface area contributed by atoms with Crippen LogP contribution in [-0.2, 0) is 10.0 Å². The van der Waals surface area contributed by atoms with Crippen LogP contribution >= 0.6 is 23.2 Å². The SMILES string of the molecule is O=S(=O)(NCCN1CCCCCC1)c1cc(Cl)cc(Cl)c1. The number of nitrogens with zero attached hydrogens (tertiary/aromatic N) is 1. The maximum Gasteiger partial charge on any atom is 0.240 e. The summed E-state index contributed by atoms with van der Waals surface area (Å²) < 4.78 is 27.0. The van der Waals surface area contributed by atoms with Gasteiger partial charge in [0.2, 0.25) is 10.0 Å². The molecule has 0 amide bonds. The lowest BCUT2D eigenvalue weighted by Gasteiger charge is -2.19. The molecular weight excluding hydrogens is 331 g/mol. The van der Waals surface area contributed by atoms with Crippen molar-refractivity contribution >= 4 is 33.2 Å². The van der Waals surface area contributed by atoms with Crippen LogP contribution in [0.3, 0.4) is 0 Å². The van der Waals surface area contributed by atoms with Crippen molar-refractivity contribution in [2.45, 2.75) is 30.6 Å². The van der Waals surface area contributed by atoms with Crippen LogP contribution in [-0.4, -0.2) is 39.5 Å². The summed E-state index contributed by atoms with van der Waals surface area (Å²) in [6, 6.07) is 4.32. The van der Waals surface area contributed by atoms with Crippen molar-refractivity contribution in [3.05, 3.63) is 28.2 Å². The van der Waals surface area contributed by atoms with E-state index < -0.39 is 10.0 Å². The molecule has 2 rings (SSSR count). The molecule has 0 saturated carbocycles. The van der Waals surface area contributed by atoms with Gasteiger partial charge in [-0.25, -0.2) is 13.1 Å². The van der Waals surface area contributed by atoms with Crippen molar-refractivity contribution in [1.82, 2.24) is 9.62 Å². The summed E-state index contributed by atoms with van der Waals surface area (Å²) in [5.74, 6) is 0. The smallest absolute Gasteiger partial charge is 0.240 e. The zero-order valence-corrected chi connectivity index (χ0v) is 14.1. The van der Waals surface area contributed by atoms with Gasteiger partial charge >= 0.3 is 0 Å². The average Bonchev–Trinajstić information content (AvgIpc) is 2.66. The van der Waals surface area contributed by atoms with E-state index in [9.17, 15) is 8.42 Å². The lowest BCUT2D eigenvalue weighted by molar-refractivity contribution is 0.290. The molecule has 0 spiro atoms. The lowest BCUT2D eigenvalue weighted by Crippen LogP contribution is -2.35. The molecular formula is C14H20Cl2N2O2S. The number of benzene rings is 1. The van der Waals surface area contributed by atoms with Gasteiger partial charge in [-0.1, -0.05) is 36.0 Å². The fraction of sp³-hybridized carbons (Fsp3) is 0.571. The third-order valence-electron chi connectivity index (χ3n) is 3.57. The molecule has 0 unspecified atom stereocenters. The van der Waals surface area contributed by atoms with Crippen LogP contribution in [0.4, 0.5) is 0 Å². The highest BCUT2D eigenvalue weighted by Crippen LogP contribution is 2.22. The second-order valence-corrected chi connectivity index (χ2v) is 7.90. The quantitative estimate of drug-likeness (QED) is 0.887. The molecule has 0 bridgehead atoms. The monoisotopic (exact) mass is 350 g/mol. The Bertz CT molecular complexity index is 550. The summed E-state index contributed by atoms with van der Waals surface area (Å²) in [6.07, 6.45) is 4.92. The molecule has 1 heterocycles. The Morgan fingerprint density at radius 1 is 1.00 bits per heavy atom. The van der Waals surface area contributed by atoms with Gasteiger partial charge in [-0.2, -0.15) is 0 Å². The molecule has 1 aromatic rings. The first-order chi connectivity index (χ1) is 9.97. The van der Waals surface area contributed by atoms with E-state index in [4.69, 9.17) is 23.2 Å². The summed E-state index contributed by atoms with van der Waals surface area (Å²) in [5.41, 5.74) is 0. The van der Waals surface area contributed by atoms with E-state index in [-0.39, 0.29) is 4.90 Å². The Kier molecular flexibility index (Phi) is 6.32. The first-order valence-electron chi connectivity index (χ1n) is 7.15. The van der Waals surface area contributed by atoms with Gasteiger partial charge in [-0.3, -0.25) is 0 Å². The molecule has 0 aromatic heterocycles. The Morgan fingerprint density at radius 2 is 1.57 bits per heavy atom. The Morgan fingerprint density at radius 3 is 2.14 bits per heavy atom. The number of rotatable bonds is 5. The molecule has 0 atom stereocenters. The highest BCUT2D eigenvalue weighted by atomic mass is 35.5. The summed E-state index contributed by atoms with van der Waals surface area (Å²) >= 11 is 11.7. The first kappa shape index (κ1) is 17.0. The third-order valence-corrected chi connectivity index (χ3v) is 5.44. The van der Waals surface area contributed by atoms with E-state index in [0.29, 0.717) is 16.6 Å². The van der Waals surface area contributed by atoms with Crippen molar-refractivity contribution in [2.75, 3.05) is 26.2 Å². The minimum atomic E-state index is -3.56. The molecule has 4 nitrogen and oxygen atoms in total. The molecule has 1 saturated heterocycles. The van der Waals surface area contributed by atoms with E-state index in [2.05, 4.69) is 9.62 Å². The standard InChI is InChI=1S/C14H20Cl2N2O2S/c15-12-9-13(16)11-14(10-12)21(19,20)17-5-8-18-6-3-1-2-4-7-18/h9-11,17H,1-8H2. The van der Waals surface area contributed by atoms with Gasteiger partial charge in [0.15, 0.2) is 0 Å². The predicted octanol–water partition coefficient (Wildman–Crippen LogP) is 3.15. The van der Waals surface area contributed by atoms with Crippen molar-refractivity contribution in [3.8, 4) is 0 Å². The van der Waals surface area contributed by atoms with Crippen LogP contribution in [0, 0.1) is 0 Å². The van der Waals surface area contributed by atoms with Gasteiger partial charge in [-0.15, -0.1) is 0 Å². The molecule has 1 aliphatic rings. The van der Waals surface area contributed by atoms with Crippen molar-refractivity contribution in [1.29, 1.82) is 0 Å². The summed E-state index contributed by atoms with van der Waals surface area (Å²) in [4.78, 5) is 2.41. The predicted molar refractivity (Wildman–Crippen MR) is 86.6 cm³/mol. The molecule has 0 radical (unpaired) electrons.